The Morgan fingerprint density at radius 3 is 2.64 bits per heavy atom. The van der Waals surface area contributed by atoms with Gasteiger partial charge < -0.3 is 10.1 Å². The maximum atomic E-state index is 12.4. The van der Waals surface area contributed by atoms with Gasteiger partial charge in [0, 0.05) is 0 Å². The number of carbonyl (C=O) groups excluding carboxylic acids is 1. The van der Waals surface area contributed by atoms with E-state index in [4.69, 9.17) is 15.7 Å². The molecule has 2 rings (SSSR count). The summed E-state index contributed by atoms with van der Waals surface area (Å²) in [5, 5.41) is 20.9. The van der Waals surface area contributed by atoms with Crippen LogP contribution in [-0.2, 0) is 4.79 Å². The Labute approximate surface area is 149 Å². The number of nitrogens with two attached hydrogens (primary N) is 1. The number of pyridine rings is 1. The standard InChI is InChI=1S/C17H15N5O2S/c1-10(16(23)21-13-5-3-4-6-14(13)24-2)25-17-12(9-19)7-11(8-18)15(20)22-17/h3-7,10H,1-2H3,(H2,20,22)(H,21,23)/p+1/t10-/m1/s1. The number of benzene rings is 1. The molecule has 0 unspecified atom stereocenters. The van der Waals surface area contributed by atoms with Crippen molar-refractivity contribution in [2.45, 2.75) is 17.2 Å². The van der Waals surface area contributed by atoms with Crippen molar-refractivity contribution in [3.8, 4) is 17.9 Å². The van der Waals surface area contributed by atoms with Crippen molar-refractivity contribution in [1.29, 1.82) is 10.5 Å². The summed E-state index contributed by atoms with van der Waals surface area (Å²) < 4.78 is 5.20. The van der Waals surface area contributed by atoms with E-state index >= 15 is 0 Å². The van der Waals surface area contributed by atoms with Crippen LogP contribution in [0, 0.1) is 22.7 Å². The highest BCUT2D eigenvalue weighted by atomic mass is 32.2. The second kappa shape index (κ2) is 8.04. The summed E-state index contributed by atoms with van der Waals surface area (Å²) in [4.78, 5) is 15.2. The van der Waals surface area contributed by atoms with Gasteiger partial charge in [-0.15, -0.1) is 0 Å². The average molecular weight is 354 g/mol. The Morgan fingerprint density at radius 1 is 1.32 bits per heavy atom. The molecule has 2 aromatic rings. The lowest BCUT2D eigenvalue weighted by Crippen LogP contribution is -2.25. The van der Waals surface area contributed by atoms with E-state index in [1.54, 1.807) is 31.2 Å². The van der Waals surface area contributed by atoms with E-state index in [0.29, 0.717) is 16.5 Å². The zero-order valence-electron chi connectivity index (χ0n) is 13.7. The molecule has 1 heterocycles. The van der Waals surface area contributed by atoms with Crippen LogP contribution in [0.4, 0.5) is 11.5 Å². The predicted octanol–water partition coefficient (Wildman–Crippen LogP) is 1.95. The van der Waals surface area contributed by atoms with Crippen LogP contribution in [0.1, 0.15) is 18.1 Å². The molecular formula is C17H16N5O2S+. The third kappa shape index (κ3) is 4.19. The van der Waals surface area contributed by atoms with Crippen molar-refractivity contribution < 1.29 is 14.5 Å². The number of aromatic amines is 1. The van der Waals surface area contributed by atoms with E-state index in [1.807, 2.05) is 12.1 Å². The minimum atomic E-state index is -0.513. The number of rotatable bonds is 5. The van der Waals surface area contributed by atoms with Gasteiger partial charge in [0.15, 0.2) is 5.03 Å². The largest absolute Gasteiger partial charge is 0.495 e. The number of nitrogens with zero attached hydrogens (tertiary/aromatic N) is 2. The van der Waals surface area contributed by atoms with E-state index < -0.39 is 5.25 Å². The summed E-state index contributed by atoms with van der Waals surface area (Å²) in [6.45, 7) is 1.71. The number of thioether (sulfide) groups is 1. The highest BCUT2D eigenvalue weighted by Gasteiger charge is 2.22. The number of nitrogen functional groups attached to an aromatic ring is 1. The quantitative estimate of drug-likeness (QED) is 0.790. The van der Waals surface area contributed by atoms with Crippen LogP contribution in [0.25, 0.3) is 0 Å². The number of ether oxygens (including phenoxy) is 1. The first-order valence-electron chi connectivity index (χ1n) is 7.26. The maximum absolute atomic E-state index is 12.4. The van der Waals surface area contributed by atoms with Crippen molar-refractivity contribution in [3.05, 3.63) is 41.5 Å². The molecule has 7 nitrogen and oxygen atoms in total. The molecule has 0 aliphatic heterocycles. The fraction of sp³-hybridized carbons (Fsp3) is 0.176. The maximum Gasteiger partial charge on any atom is 0.289 e. The number of anilines is 2. The molecule has 0 saturated carbocycles. The van der Waals surface area contributed by atoms with Crippen LogP contribution in [-0.4, -0.2) is 18.3 Å². The summed E-state index contributed by atoms with van der Waals surface area (Å²) in [5.74, 6) is 0.455. The van der Waals surface area contributed by atoms with E-state index in [2.05, 4.69) is 10.3 Å². The third-order valence-electron chi connectivity index (χ3n) is 3.34. The van der Waals surface area contributed by atoms with Crippen LogP contribution in [0.5, 0.6) is 5.75 Å². The van der Waals surface area contributed by atoms with Gasteiger partial charge in [0.25, 0.3) is 5.82 Å². The van der Waals surface area contributed by atoms with Crippen molar-refractivity contribution in [2.75, 3.05) is 18.2 Å². The van der Waals surface area contributed by atoms with E-state index in [9.17, 15) is 10.1 Å². The van der Waals surface area contributed by atoms with E-state index in [0.717, 1.165) is 11.8 Å². The molecule has 1 amide bonds. The lowest BCUT2D eigenvalue weighted by molar-refractivity contribution is -0.410. The molecule has 0 saturated heterocycles. The Balaban J connectivity index is 2.18. The molecule has 1 aromatic heterocycles. The summed E-state index contributed by atoms with van der Waals surface area (Å²) in [6, 6.07) is 12.4. The molecule has 8 heteroatoms. The van der Waals surface area contributed by atoms with Gasteiger partial charge >= 0.3 is 0 Å². The van der Waals surface area contributed by atoms with Crippen LogP contribution in [0.2, 0.25) is 0 Å². The lowest BCUT2D eigenvalue weighted by atomic mass is 10.2. The van der Waals surface area contributed by atoms with Gasteiger partial charge in [0.2, 0.25) is 5.91 Å². The number of hydrogen-bond donors (Lipinski definition) is 2. The second-order valence-electron chi connectivity index (χ2n) is 5.01. The smallest absolute Gasteiger partial charge is 0.289 e. The van der Waals surface area contributed by atoms with Gasteiger partial charge in [0.1, 0.15) is 29.0 Å². The van der Waals surface area contributed by atoms with E-state index in [-0.39, 0.29) is 22.9 Å². The molecule has 0 aliphatic carbocycles. The number of carbonyl (C=O) groups is 1. The summed E-state index contributed by atoms with van der Waals surface area (Å²) in [7, 11) is 1.52. The van der Waals surface area contributed by atoms with E-state index in [1.165, 1.54) is 13.2 Å². The molecule has 4 N–H and O–H groups in total. The fourth-order valence-electron chi connectivity index (χ4n) is 2.03. The first-order chi connectivity index (χ1) is 12.0. The zero-order chi connectivity index (χ0) is 18.4. The number of nitrogens with one attached hydrogen (secondary N) is 2. The normalized spacial score (nSPS) is 11.0. The van der Waals surface area contributed by atoms with Crippen LogP contribution >= 0.6 is 11.8 Å². The van der Waals surface area contributed by atoms with Crippen molar-refractivity contribution in [2.24, 2.45) is 0 Å². The average Bonchev–Trinajstić information content (AvgIpc) is 2.62. The molecule has 0 radical (unpaired) electrons. The first kappa shape index (κ1) is 18.1. The number of aromatic nitrogens is 1. The minimum absolute atomic E-state index is 0.154. The van der Waals surface area contributed by atoms with Gasteiger partial charge in [-0.1, -0.05) is 23.9 Å². The number of para-hydroxylation sites is 2. The van der Waals surface area contributed by atoms with Crippen LogP contribution < -0.4 is 20.8 Å². The van der Waals surface area contributed by atoms with Crippen LogP contribution in [0.15, 0.2) is 35.4 Å². The number of methoxy groups -OCH3 is 1. The van der Waals surface area contributed by atoms with Gasteiger partial charge in [-0.2, -0.15) is 10.5 Å². The Bertz CT molecular complexity index is 886. The molecule has 0 bridgehead atoms. The topological polar surface area (TPSA) is 126 Å². The third-order valence-corrected chi connectivity index (χ3v) is 4.47. The number of nitriles is 2. The highest BCUT2D eigenvalue weighted by molar-refractivity contribution is 8.00. The second-order valence-corrected chi connectivity index (χ2v) is 6.36. The summed E-state index contributed by atoms with van der Waals surface area (Å²) in [5.41, 5.74) is 6.76. The van der Waals surface area contributed by atoms with Gasteiger partial charge in [0.05, 0.1) is 18.0 Å². The van der Waals surface area contributed by atoms with Gasteiger partial charge in [-0.3, -0.25) is 10.5 Å². The number of amides is 1. The predicted molar refractivity (Wildman–Crippen MR) is 93.8 cm³/mol. The Kier molecular flexibility index (Phi) is 5.83. The number of hydrogen-bond acceptors (Lipinski definition) is 6. The van der Waals surface area contributed by atoms with Gasteiger partial charge in [-0.25, -0.2) is 4.98 Å². The first-order valence-corrected chi connectivity index (χ1v) is 8.14. The fourth-order valence-corrected chi connectivity index (χ4v) is 2.95. The van der Waals surface area contributed by atoms with Crippen molar-refractivity contribution >= 4 is 29.2 Å². The highest BCUT2D eigenvalue weighted by Crippen LogP contribution is 2.27. The molecule has 0 aliphatic rings. The Hall–Kier alpha value is -3.23. The molecule has 1 aromatic carbocycles. The number of H-pyrrole nitrogens is 1. The van der Waals surface area contributed by atoms with Crippen LogP contribution in [0.3, 0.4) is 0 Å². The molecule has 0 spiro atoms. The van der Waals surface area contributed by atoms with Gasteiger partial charge in [-0.05, 0) is 25.1 Å². The SMILES string of the molecule is COc1ccccc1NC(=O)[C@@H](C)Sc1[nH+]c(N)c(C#N)cc1C#N. The summed E-state index contributed by atoms with van der Waals surface area (Å²) in [6.07, 6.45) is 0. The monoisotopic (exact) mass is 354 g/mol. The summed E-state index contributed by atoms with van der Waals surface area (Å²) >= 11 is 1.15. The van der Waals surface area contributed by atoms with Crippen molar-refractivity contribution in [1.82, 2.24) is 0 Å². The minimum Gasteiger partial charge on any atom is -0.495 e. The zero-order valence-corrected chi connectivity index (χ0v) is 14.5. The molecule has 0 fully saturated rings. The molecular weight excluding hydrogens is 338 g/mol. The molecule has 126 valence electrons. The molecule has 25 heavy (non-hydrogen) atoms. The van der Waals surface area contributed by atoms with Crippen molar-refractivity contribution in [3.63, 3.8) is 0 Å². The Morgan fingerprint density at radius 2 is 2.00 bits per heavy atom. The lowest BCUT2D eigenvalue weighted by Gasteiger charge is -2.13. The molecule has 1 atom stereocenters.